The van der Waals surface area contributed by atoms with Crippen LogP contribution in [0.5, 0.6) is 0 Å². The summed E-state index contributed by atoms with van der Waals surface area (Å²) in [5, 5.41) is 12.7. The Hall–Kier alpha value is -1.79. The molecule has 1 heterocycles. The summed E-state index contributed by atoms with van der Waals surface area (Å²) in [4.78, 5) is 28.0. The van der Waals surface area contributed by atoms with Crippen molar-refractivity contribution in [2.45, 2.75) is 129 Å². The standard InChI is InChI=1S/C33H57N3O3.ClH/c1-3-4-5-6-7-8-9-10-11-12-13-14-15-16-17-20-23-34-32(37)27-30-22-19-18-21-29(30)26-31-28-35(2)24-25-36(31)33(38)39;/h18-19,21-22,31H,3-17,20,23-28H2,1-2H3,(H,34,37)(H,38,39);1H. The van der Waals surface area contributed by atoms with Gasteiger partial charge in [0.15, 0.2) is 0 Å². The summed E-state index contributed by atoms with van der Waals surface area (Å²) in [5.74, 6) is 0.0549. The van der Waals surface area contributed by atoms with Crippen LogP contribution >= 0.6 is 12.4 Å². The number of carbonyl (C=O) groups excluding carboxylic acids is 1. The molecule has 0 aromatic heterocycles. The predicted octanol–water partition coefficient (Wildman–Crippen LogP) is 7.87. The minimum absolute atomic E-state index is 0. The van der Waals surface area contributed by atoms with Gasteiger partial charge in [-0.05, 0) is 31.0 Å². The molecule has 1 unspecified atom stereocenters. The van der Waals surface area contributed by atoms with Crippen LogP contribution in [0.4, 0.5) is 4.79 Å². The lowest BCUT2D eigenvalue weighted by molar-refractivity contribution is -0.120. The number of rotatable bonds is 21. The lowest BCUT2D eigenvalue weighted by atomic mass is 9.96. The zero-order valence-corrected chi connectivity index (χ0v) is 26.3. The van der Waals surface area contributed by atoms with Crippen LogP contribution in [-0.4, -0.2) is 66.2 Å². The smallest absolute Gasteiger partial charge is 0.407 e. The first kappa shape index (κ1) is 36.2. The van der Waals surface area contributed by atoms with Crippen LogP contribution in [0.1, 0.15) is 121 Å². The van der Waals surface area contributed by atoms with Crippen LogP contribution in [0.2, 0.25) is 0 Å². The van der Waals surface area contributed by atoms with Gasteiger partial charge in [-0.15, -0.1) is 12.4 Å². The third-order valence-electron chi connectivity index (χ3n) is 8.21. The molecule has 1 saturated heterocycles. The number of amides is 2. The molecule has 1 aromatic rings. The summed E-state index contributed by atoms with van der Waals surface area (Å²) in [7, 11) is 2.03. The van der Waals surface area contributed by atoms with Gasteiger partial charge in [-0.1, -0.05) is 128 Å². The van der Waals surface area contributed by atoms with E-state index in [0.717, 1.165) is 30.6 Å². The van der Waals surface area contributed by atoms with Crippen molar-refractivity contribution in [1.29, 1.82) is 0 Å². The highest BCUT2D eigenvalue weighted by atomic mass is 35.5. The SMILES string of the molecule is CCCCCCCCCCCCCCCCCCNC(=O)Cc1ccccc1CC1CN(C)CCN1C(=O)O.Cl. The Morgan fingerprint density at radius 3 is 1.82 bits per heavy atom. The van der Waals surface area contributed by atoms with Crippen LogP contribution in [0, 0.1) is 0 Å². The fraction of sp³-hybridized carbons (Fsp3) is 0.758. The molecule has 0 spiro atoms. The summed E-state index contributed by atoms with van der Waals surface area (Å²) < 4.78 is 0. The summed E-state index contributed by atoms with van der Waals surface area (Å²) in [6.45, 7) is 5.01. The highest BCUT2D eigenvalue weighted by Gasteiger charge is 2.29. The zero-order valence-electron chi connectivity index (χ0n) is 25.5. The van der Waals surface area contributed by atoms with Gasteiger partial charge in [-0.2, -0.15) is 0 Å². The molecule has 2 amide bonds. The summed E-state index contributed by atoms with van der Waals surface area (Å²) in [6, 6.07) is 7.89. The third kappa shape index (κ3) is 15.9. The molecule has 0 saturated carbocycles. The lowest BCUT2D eigenvalue weighted by Gasteiger charge is -2.38. The molecule has 0 aliphatic carbocycles. The third-order valence-corrected chi connectivity index (χ3v) is 8.21. The molecule has 2 rings (SSSR count). The highest BCUT2D eigenvalue weighted by molar-refractivity contribution is 5.85. The molecule has 2 N–H and O–H groups in total. The Labute approximate surface area is 251 Å². The molecule has 0 bridgehead atoms. The minimum atomic E-state index is -0.859. The first-order chi connectivity index (χ1) is 19.0. The second-order valence-corrected chi connectivity index (χ2v) is 11.7. The van der Waals surface area contributed by atoms with Crippen molar-refractivity contribution in [3.8, 4) is 0 Å². The van der Waals surface area contributed by atoms with Crippen molar-refractivity contribution in [1.82, 2.24) is 15.1 Å². The Balaban J connectivity index is 0.00000800. The average Bonchev–Trinajstić information content (AvgIpc) is 2.91. The maximum atomic E-state index is 12.6. The number of hydrogen-bond donors (Lipinski definition) is 2. The largest absolute Gasteiger partial charge is 0.465 e. The number of benzene rings is 1. The molecule has 1 aromatic carbocycles. The Bertz CT molecular complexity index is 807. The Morgan fingerprint density at radius 2 is 1.30 bits per heavy atom. The molecule has 1 atom stereocenters. The van der Waals surface area contributed by atoms with E-state index in [-0.39, 0.29) is 24.4 Å². The number of piperazine rings is 1. The van der Waals surface area contributed by atoms with E-state index in [1.165, 1.54) is 96.3 Å². The van der Waals surface area contributed by atoms with Gasteiger partial charge in [0.25, 0.3) is 0 Å². The van der Waals surface area contributed by atoms with Crippen molar-refractivity contribution < 1.29 is 14.7 Å². The van der Waals surface area contributed by atoms with E-state index in [4.69, 9.17) is 0 Å². The molecule has 230 valence electrons. The van der Waals surface area contributed by atoms with Gasteiger partial charge in [-0.25, -0.2) is 4.79 Å². The predicted molar refractivity (Wildman–Crippen MR) is 170 cm³/mol. The van der Waals surface area contributed by atoms with Gasteiger partial charge in [0.05, 0.1) is 12.5 Å². The van der Waals surface area contributed by atoms with Crippen LogP contribution in [0.3, 0.4) is 0 Å². The minimum Gasteiger partial charge on any atom is -0.465 e. The highest BCUT2D eigenvalue weighted by Crippen LogP contribution is 2.18. The molecule has 1 aliphatic rings. The number of likely N-dealkylation sites (N-methyl/N-ethyl adjacent to an activating group) is 1. The van der Waals surface area contributed by atoms with Gasteiger partial charge in [0.2, 0.25) is 5.91 Å². The van der Waals surface area contributed by atoms with Gasteiger partial charge in [0, 0.05) is 26.2 Å². The Kier molecular flexibility index (Phi) is 20.7. The number of hydrogen-bond acceptors (Lipinski definition) is 3. The first-order valence-electron chi connectivity index (χ1n) is 16.0. The van der Waals surface area contributed by atoms with Crippen molar-refractivity contribution in [2.75, 3.05) is 33.2 Å². The van der Waals surface area contributed by atoms with Crippen LogP contribution in [0.25, 0.3) is 0 Å². The van der Waals surface area contributed by atoms with Crippen LogP contribution in [0.15, 0.2) is 24.3 Å². The Morgan fingerprint density at radius 1 is 0.800 bits per heavy atom. The lowest BCUT2D eigenvalue weighted by Crippen LogP contribution is -2.54. The number of unbranched alkanes of at least 4 members (excludes halogenated alkanes) is 15. The number of carbonyl (C=O) groups is 2. The monoisotopic (exact) mass is 579 g/mol. The maximum absolute atomic E-state index is 12.6. The van der Waals surface area contributed by atoms with Crippen molar-refractivity contribution in [2.24, 2.45) is 0 Å². The fourth-order valence-corrected chi connectivity index (χ4v) is 5.76. The number of nitrogens with zero attached hydrogens (tertiary/aromatic N) is 2. The van der Waals surface area contributed by atoms with E-state index < -0.39 is 6.09 Å². The summed E-state index contributed by atoms with van der Waals surface area (Å²) >= 11 is 0. The van der Waals surface area contributed by atoms with Gasteiger partial charge in [0.1, 0.15) is 0 Å². The number of nitrogens with one attached hydrogen (secondary N) is 1. The molecule has 7 heteroatoms. The number of halogens is 1. The number of carboxylic acid groups (broad SMARTS) is 1. The fourth-order valence-electron chi connectivity index (χ4n) is 5.76. The second kappa shape index (κ2) is 22.8. The van der Waals surface area contributed by atoms with E-state index >= 15 is 0 Å². The van der Waals surface area contributed by atoms with Crippen molar-refractivity contribution >= 4 is 24.4 Å². The summed E-state index contributed by atoms with van der Waals surface area (Å²) in [5.41, 5.74) is 2.07. The normalized spacial score (nSPS) is 15.6. The topological polar surface area (TPSA) is 72.9 Å². The van der Waals surface area contributed by atoms with E-state index in [1.54, 1.807) is 4.90 Å². The molecular weight excluding hydrogens is 522 g/mol. The summed E-state index contributed by atoms with van der Waals surface area (Å²) in [6.07, 6.45) is 21.7. The molecule has 40 heavy (non-hydrogen) atoms. The second-order valence-electron chi connectivity index (χ2n) is 11.7. The van der Waals surface area contributed by atoms with Crippen molar-refractivity contribution in [3.63, 3.8) is 0 Å². The first-order valence-corrected chi connectivity index (χ1v) is 16.0. The molecule has 6 nitrogen and oxygen atoms in total. The van der Waals surface area contributed by atoms with E-state index in [1.807, 2.05) is 31.3 Å². The zero-order chi connectivity index (χ0) is 28.1. The van der Waals surface area contributed by atoms with Gasteiger partial charge >= 0.3 is 6.09 Å². The average molecular weight is 580 g/mol. The maximum Gasteiger partial charge on any atom is 0.407 e. The quantitative estimate of drug-likeness (QED) is 0.145. The molecule has 1 fully saturated rings. The van der Waals surface area contributed by atoms with Crippen LogP contribution in [-0.2, 0) is 17.6 Å². The van der Waals surface area contributed by atoms with Gasteiger partial charge in [-0.3, -0.25) is 4.79 Å². The van der Waals surface area contributed by atoms with E-state index in [0.29, 0.717) is 25.9 Å². The van der Waals surface area contributed by atoms with Crippen molar-refractivity contribution in [3.05, 3.63) is 35.4 Å². The molecule has 0 radical (unpaired) electrons. The van der Waals surface area contributed by atoms with Gasteiger partial charge < -0.3 is 20.2 Å². The van der Waals surface area contributed by atoms with Crippen LogP contribution < -0.4 is 5.32 Å². The molecular formula is C33H58ClN3O3. The molecule has 1 aliphatic heterocycles. The van der Waals surface area contributed by atoms with E-state index in [9.17, 15) is 14.7 Å². The van der Waals surface area contributed by atoms with E-state index in [2.05, 4.69) is 17.1 Å².